The molecule has 0 saturated heterocycles. The van der Waals surface area contributed by atoms with Crippen molar-refractivity contribution in [1.82, 2.24) is 5.48 Å². The molecule has 0 spiro atoms. The molecule has 0 saturated carbocycles. The molecule has 0 rings (SSSR count). The Hall–Kier alpha value is -0.770. The zero-order valence-electron chi connectivity index (χ0n) is 8.72. The highest BCUT2D eigenvalue weighted by atomic mass is 16.7. The minimum Gasteiger partial charge on any atom is -0.442 e. The third-order valence-corrected chi connectivity index (χ3v) is 0.584. The predicted molar refractivity (Wildman–Crippen MR) is 47.7 cm³/mol. The predicted octanol–water partition coefficient (Wildman–Crippen LogP) is 2.10. The summed E-state index contributed by atoms with van der Waals surface area (Å²) < 4.78 is 4.80. The number of amides is 1. The zero-order valence-corrected chi connectivity index (χ0v) is 8.72. The lowest BCUT2D eigenvalue weighted by atomic mass is 10.2. The zero-order chi connectivity index (χ0) is 10.2. The van der Waals surface area contributed by atoms with E-state index in [0.29, 0.717) is 0 Å². The molecule has 0 aromatic heterocycles. The van der Waals surface area contributed by atoms with Gasteiger partial charge in [-0.3, -0.25) is 4.84 Å². The van der Waals surface area contributed by atoms with E-state index in [0.717, 1.165) is 0 Å². The quantitative estimate of drug-likeness (QED) is 0.624. The van der Waals surface area contributed by atoms with Gasteiger partial charge >= 0.3 is 6.09 Å². The molecule has 0 atom stereocenters. The molecular formula is C8H19NO3. The van der Waals surface area contributed by atoms with Crippen LogP contribution in [0, 0.1) is 0 Å². The molecule has 0 fully saturated rings. The van der Waals surface area contributed by atoms with Gasteiger partial charge in [-0.15, -0.1) is 0 Å². The highest BCUT2D eigenvalue weighted by Crippen LogP contribution is 2.05. The summed E-state index contributed by atoms with van der Waals surface area (Å²) in [6.45, 7) is 9.34. The Kier molecular flexibility index (Phi) is 7.94. The fourth-order valence-electron chi connectivity index (χ4n) is 0.382. The van der Waals surface area contributed by atoms with Gasteiger partial charge in [0, 0.05) is 0 Å². The van der Waals surface area contributed by atoms with Gasteiger partial charge in [0.05, 0.1) is 7.11 Å². The van der Waals surface area contributed by atoms with E-state index in [1.807, 2.05) is 19.3 Å². The van der Waals surface area contributed by atoms with E-state index < -0.39 is 11.7 Å². The molecule has 0 aliphatic carbocycles. The minimum atomic E-state index is -0.574. The number of carbonyl (C=O) groups excluding carboxylic acids is 1. The SMILES string of the molecule is CC.CONC(=O)OC(C)(C)C. The van der Waals surface area contributed by atoms with Crippen LogP contribution >= 0.6 is 0 Å². The number of nitrogens with one attached hydrogen (secondary N) is 1. The first-order valence-electron chi connectivity index (χ1n) is 3.97. The molecule has 0 aromatic carbocycles. The maximum atomic E-state index is 10.6. The fourth-order valence-corrected chi connectivity index (χ4v) is 0.382. The van der Waals surface area contributed by atoms with Crippen LogP contribution in [0.1, 0.15) is 34.6 Å². The third kappa shape index (κ3) is 12.0. The number of ether oxygens (including phenoxy) is 1. The second-order valence-electron chi connectivity index (χ2n) is 2.81. The minimum absolute atomic E-state index is 0.470. The first-order chi connectivity index (χ1) is 5.45. The summed E-state index contributed by atoms with van der Waals surface area (Å²) in [6, 6.07) is 0. The summed E-state index contributed by atoms with van der Waals surface area (Å²) >= 11 is 0. The van der Waals surface area contributed by atoms with Crippen molar-refractivity contribution in [2.45, 2.75) is 40.2 Å². The van der Waals surface area contributed by atoms with E-state index >= 15 is 0 Å². The standard InChI is InChI=1S/C6H13NO3.C2H6/c1-6(2,3)10-5(8)7-9-4;1-2/h1-4H3,(H,7,8);1-2H3. The smallest absolute Gasteiger partial charge is 0.431 e. The maximum absolute atomic E-state index is 10.6. The van der Waals surface area contributed by atoms with Crippen LogP contribution < -0.4 is 5.48 Å². The van der Waals surface area contributed by atoms with Crippen LogP contribution in [0.5, 0.6) is 0 Å². The maximum Gasteiger partial charge on any atom is 0.431 e. The Bertz CT molecular complexity index is 118. The molecule has 4 heteroatoms. The molecule has 0 heterocycles. The van der Waals surface area contributed by atoms with Gasteiger partial charge in [0.15, 0.2) is 0 Å². The van der Waals surface area contributed by atoms with E-state index in [4.69, 9.17) is 4.74 Å². The van der Waals surface area contributed by atoms with Crippen molar-refractivity contribution in [3.05, 3.63) is 0 Å². The Morgan fingerprint density at radius 1 is 1.25 bits per heavy atom. The van der Waals surface area contributed by atoms with Gasteiger partial charge in [-0.25, -0.2) is 4.79 Å². The summed E-state index contributed by atoms with van der Waals surface area (Å²) in [5.41, 5.74) is 1.57. The van der Waals surface area contributed by atoms with Crippen molar-refractivity contribution in [3.8, 4) is 0 Å². The normalized spacial score (nSPS) is 9.50. The van der Waals surface area contributed by atoms with Crippen molar-refractivity contribution in [2.75, 3.05) is 7.11 Å². The van der Waals surface area contributed by atoms with Crippen LogP contribution in [0.2, 0.25) is 0 Å². The molecule has 74 valence electrons. The molecule has 12 heavy (non-hydrogen) atoms. The lowest BCUT2D eigenvalue weighted by molar-refractivity contribution is 0.00881. The Morgan fingerprint density at radius 3 is 1.92 bits per heavy atom. The van der Waals surface area contributed by atoms with E-state index in [1.54, 1.807) is 20.8 Å². The number of hydrogen-bond donors (Lipinski definition) is 1. The van der Waals surface area contributed by atoms with Crippen molar-refractivity contribution in [1.29, 1.82) is 0 Å². The van der Waals surface area contributed by atoms with Crippen molar-refractivity contribution in [2.24, 2.45) is 0 Å². The van der Waals surface area contributed by atoms with Gasteiger partial charge < -0.3 is 4.74 Å². The van der Waals surface area contributed by atoms with Crippen molar-refractivity contribution >= 4 is 6.09 Å². The molecular weight excluding hydrogens is 158 g/mol. The monoisotopic (exact) mass is 177 g/mol. The topological polar surface area (TPSA) is 47.6 Å². The number of rotatable bonds is 1. The van der Waals surface area contributed by atoms with Gasteiger partial charge in [0.2, 0.25) is 0 Å². The summed E-state index contributed by atoms with van der Waals surface area (Å²) in [5, 5.41) is 0. The highest BCUT2D eigenvalue weighted by molar-refractivity contribution is 5.66. The molecule has 0 unspecified atom stereocenters. The molecule has 1 amide bonds. The number of hydroxylamine groups is 1. The molecule has 0 bridgehead atoms. The lowest BCUT2D eigenvalue weighted by Crippen LogP contribution is -2.31. The van der Waals surface area contributed by atoms with Gasteiger partial charge in [-0.2, -0.15) is 5.48 Å². The summed E-state index contributed by atoms with van der Waals surface area (Å²) in [5.74, 6) is 0. The Balaban J connectivity index is 0. The van der Waals surface area contributed by atoms with E-state index in [-0.39, 0.29) is 0 Å². The molecule has 4 nitrogen and oxygen atoms in total. The Morgan fingerprint density at radius 2 is 1.67 bits per heavy atom. The van der Waals surface area contributed by atoms with Gasteiger partial charge in [-0.1, -0.05) is 13.8 Å². The van der Waals surface area contributed by atoms with Crippen molar-refractivity contribution < 1.29 is 14.4 Å². The van der Waals surface area contributed by atoms with E-state index in [2.05, 4.69) is 4.84 Å². The largest absolute Gasteiger partial charge is 0.442 e. The average Bonchev–Trinajstić information content (AvgIpc) is 1.88. The van der Waals surface area contributed by atoms with E-state index in [9.17, 15) is 4.79 Å². The molecule has 0 aromatic rings. The van der Waals surface area contributed by atoms with Crippen LogP contribution in [-0.4, -0.2) is 18.8 Å². The second kappa shape index (κ2) is 6.91. The molecule has 0 aliphatic heterocycles. The second-order valence-corrected chi connectivity index (χ2v) is 2.81. The first-order valence-corrected chi connectivity index (χ1v) is 3.97. The average molecular weight is 177 g/mol. The number of hydrogen-bond acceptors (Lipinski definition) is 3. The summed E-state index contributed by atoms with van der Waals surface area (Å²) in [6.07, 6.45) is -0.574. The van der Waals surface area contributed by atoms with Gasteiger partial charge in [0.25, 0.3) is 0 Å². The Labute approximate surface area is 74.2 Å². The molecule has 0 aliphatic rings. The van der Waals surface area contributed by atoms with Crippen LogP contribution in [0.3, 0.4) is 0 Å². The summed E-state index contributed by atoms with van der Waals surface area (Å²) in [7, 11) is 1.35. The first kappa shape index (κ1) is 13.8. The number of carbonyl (C=O) groups is 1. The van der Waals surface area contributed by atoms with Crippen LogP contribution in [-0.2, 0) is 9.57 Å². The third-order valence-electron chi connectivity index (χ3n) is 0.584. The van der Waals surface area contributed by atoms with E-state index in [1.165, 1.54) is 7.11 Å². The van der Waals surface area contributed by atoms with Gasteiger partial charge in [0.1, 0.15) is 5.60 Å². The lowest BCUT2D eigenvalue weighted by Gasteiger charge is -2.18. The highest BCUT2D eigenvalue weighted by Gasteiger charge is 2.15. The van der Waals surface area contributed by atoms with Crippen LogP contribution in [0.15, 0.2) is 0 Å². The van der Waals surface area contributed by atoms with Crippen LogP contribution in [0.4, 0.5) is 4.79 Å². The van der Waals surface area contributed by atoms with Crippen LogP contribution in [0.25, 0.3) is 0 Å². The van der Waals surface area contributed by atoms with Gasteiger partial charge in [-0.05, 0) is 20.8 Å². The molecule has 1 N–H and O–H groups in total. The molecule has 0 radical (unpaired) electrons. The van der Waals surface area contributed by atoms with Crippen molar-refractivity contribution in [3.63, 3.8) is 0 Å². The fraction of sp³-hybridized carbons (Fsp3) is 0.875. The summed E-state index contributed by atoms with van der Waals surface area (Å²) in [4.78, 5) is 14.9.